The highest BCUT2D eigenvalue weighted by molar-refractivity contribution is 5.95. The van der Waals surface area contributed by atoms with E-state index in [1.54, 1.807) is 30.3 Å². The minimum atomic E-state index is -0.751. The Kier molecular flexibility index (Phi) is 4.75. The average molecular weight is 248 g/mol. The van der Waals surface area contributed by atoms with Gasteiger partial charge in [0, 0.05) is 0 Å². The van der Waals surface area contributed by atoms with E-state index >= 15 is 0 Å². The number of carbonyl (C=O) groups is 2. The van der Waals surface area contributed by atoms with Gasteiger partial charge in [-0.3, -0.25) is 0 Å². The third-order valence-corrected chi connectivity index (χ3v) is 1.81. The van der Waals surface area contributed by atoms with E-state index in [1.165, 1.54) is 14.2 Å². The number of rotatable bonds is 4. The van der Waals surface area contributed by atoms with Crippen molar-refractivity contribution in [3.05, 3.63) is 42.2 Å². The minimum absolute atomic E-state index is 0.231. The van der Waals surface area contributed by atoms with Crippen LogP contribution in [0.3, 0.4) is 0 Å². The maximum absolute atomic E-state index is 11.3. The molecule has 1 rings (SSSR count). The van der Waals surface area contributed by atoms with E-state index in [2.05, 4.69) is 9.47 Å². The summed E-state index contributed by atoms with van der Waals surface area (Å²) in [5.74, 6) is -1.25. The predicted molar refractivity (Wildman–Crippen MR) is 59.2 cm³/mol. The Morgan fingerprint density at radius 1 is 1.06 bits per heavy atom. The first-order valence-electron chi connectivity index (χ1n) is 4.78. The number of methoxy groups -OCH3 is 2. The molecule has 0 amide bonds. The van der Waals surface area contributed by atoms with Crippen LogP contribution in [0.25, 0.3) is 0 Å². The van der Waals surface area contributed by atoms with Gasteiger partial charge in [0.25, 0.3) is 0 Å². The lowest BCUT2D eigenvalue weighted by Gasteiger charge is -2.07. The summed E-state index contributed by atoms with van der Waals surface area (Å²) in [6, 6.07) is 8.57. The van der Waals surface area contributed by atoms with Gasteiger partial charge in [-0.1, -0.05) is 18.2 Å². The molecule has 0 atom stereocenters. The normalized spacial score (nSPS) is 10.6. The van der Waals surface area contributed by atoms with E-state index in [-0.39, 0.29) is 5.76 Å². The van der Waals surface area contributed by atoms with Crippen LogP contribution in [0, 0.1) is 0 Å². The molecular formula is C12H12O5. The average Bonchev–Trinajstić information content (AvgIpc) is 2.38. The van der Waals surface area contributed by atoms with Crippen molar-refractivity contribution in [2.24, 2.45) is 0 Å². The Morgan fingerprint density at radius 3 is 2.24 bits per heavy atom. The van der Waals surface area contributed by atoms with Crippen molar-refractivity contribution in [1.29, 1.82) is 0 Å². The second-order valence-corrected chi connectivity index (χ2v) is 2.94. The van der Waals surface area contributed by atoms with Crippen molar-refractivity contribution in [3.8, 4) is 5.75 Å². The molecular weight excluding hydrogens is 236 g/mol. The lowest BCUT2D eigenvalue weighted by atomic mass is 10.4. The molecule has 0 N–H and O–H groups in total. The summed E-state index contributed by atoms with van der Waals surface area (Å²) in [5, 5.41) is 0. The van der Waals surface area contributed by atoms with Gasteiger partial charge < -0.3 is 14.2 Å². The first-order chi connectivity index (χ1) is 8.17. The van der Waals surface area contributed by atoms with Crippen LogP contribution in [0.4, 0.5) is 0 Å². The Balaban J connectivity index is 2.89. The molecule has 1 aromatic carbocycles. The van der Waals surface area contributed by atoms with Crippen LogP contribution in [-0.4, -0.2) is 26.2 Å². The zero-order chi connectivity index (χ0) is 12.7. The number of benzene rings is 1. The number of esters is 2. The van der Waals surface area contributed by atoms with Gasteiger partial charge in [-0.15, -0.1) is 0 Å². The summed E-state index contributed by atoms with van der Waals surface area (Å²) in [6.07, 6.45) is 0.929. The van der Waals surface area contributed by atoms with Gasteiger partial charge in [-0.2, -0.15) is 0 Å². The van der Waals surface area contributed by atoms with Gasteiger partial charge in [-0.25, -0.2) is 9.59 Å². The summed E-state index contributed by atoms with van der Waals surface area (Å²) in [6.45, 7) is 0. The van der Waals surface area contributed by atoms with Crippen molar-refractivity contribution in [2.75, 3.05) is 14.2 Å². The van der Waals surface area contributed by atoms with Gasteiger partial charge in [0.15, 0.2) is 0 Å². The molecule has 0 saturated carbocycles. The van der Waals surface area contributed by atoms with Gasteiger partial charge in [0.05, 0.1) is 20.3 Å². The SMILES string of the molecule is COC(=O)/C=C(/O[14c]1[14cH][14cH][14cH][14cH][14cH]1)C(=O)OC. The maximum Gasteiger partial charge on any atom is 0.374 e. The quantitative estimate of drug-likeness (QED) is 0.456. The fraction of sp³-hybridized carbons (Fsp3) is 0.167. The minimum Gasteiger partial charge on any atom is -0.466 e. The molecule has 0 heterocycles. The first-order valence-corrected chi connectivity index (χ1v) is 4.78. The summed E-state index contributed by atoms with van der Waals surface area (Å²) in [7, 11) is 2.40. The third-order valence-electron chi connectivity index (χ3n) is 1.81. The molecule has 0 aromatic heterocycles. The van der Waals surface area contributed by atoms with Crippen LogP contribution in [-0.2, 0) is 19.1 Å². The zero-order valence-electron chi connectivity index (χ0n) is 9.51. The topological polar surface area (TPSA) is 61.8 Å². The summed E-state index contributed by atoms with van der Waals surface area (Å²) < 4.78 is 14.1. The number of carbonyl (C=O) groups excluding carboxylic acids is 2. The molecule has 5 nitrogen and oxygen atoms in total. The Hall–Kier alpha value is -2.30. The number of ether oxygens (including phenoxy) is 3. The van der Waals surface area contributed by atoms with E-state index < -0.39 is 11.9 Å². The smallest absolute Gasteiger partial charge is 0.374 e. The predicted octanol–water partition coefficient (Wildman–Crippen LogP) is 1.30. The molecule has 17 heavy (non-hydrogen) atoms. The van der Waals surface area contributed by atoms with Crippen LogP contribution in [0.2, 0.25) is 0 Å². The summed E-state index contributed by atoms with van der Waals surface area (Å²) >= 11 is 0. The van der Waals surface area contributed by atoms with Crippen molar-refractivity contribution < 1.29 is 23.8 Å². The number of hydrogen-bond acceptors (Lipinski definition) is 5. The molecule has 0 aliphatic rings. The third kappa shape index (κ3) is 3.98. The molecule has 0 bridgehead atoms. The first kappa shape index (κ1) is 12.8. The van der Waals surface area contributed by atoms with Crippen molar-refractivity contribution in [3.63, 3.8) is 0 Å². The van der Waals surface area contributed by atoms with Crippen LogP contribution in [0.1, 0.15) is 0 Å². The van der Waals surface area contributed by atoms with Crippen LogP contribution in [0.5, 0.6) is 5.75 Å². The summed E-state index contributed by atoms with van der Waals surface area (Å²) in [5.41, 5.74) is 0. The lowest BCUT2D eigenvalue weighted by molar-refractivity contribution is -0.140. The molecule has 90 valence electrons. The standard InChI is InChI=1S/C12H12O5/c1-15-11(13)8-10(12(14)16-2)17-9-6-4-3-5-7-9/h3-8H,1-2H3/b10-8+/i3+2,4+2,5+2,6+2,7+2,9+2. The Morgan fingerprint density at radius 2 is 1.71 bits per heavy atom. The second kappa shape index (κ2) is 6.32. The highest BCUT2D eigenvalue weighted by Gasteiger charge is 2.14. The van der Waals surface area contributed by atoms with Crippen molar-refractivity contribution >= 4 is 11.9 Å². The molecule has 0 spiro atoms. The fourth-order valence-corrected chi connectivity index (χ4v) is 1.01. The molecule has 5 heteroatoms. The molecule has 0 fully saturated rings. The van der Waals surface area contributed by atoms with Gasteiger partial charge in [0.2, 0.25) is 5.76 Å². The van der Waals surface area contributed by atoms with Crippen LogP contribution < -0.4 is 4.74 Å². The highest BCUT2D eigenvalue weighted by atomic mass is 16.7. The van der Waals surface area contributed by atoms with E-state index in [9.17, 15) is 9.59 Å². The number of para-hydroxylation sites is 1. The van der Waals surface area contributed by atoms with Crippen molar-refractivity contribution in [2.45, 2.75) is 0 Å². The van der Waals surface area contributed by atoms with E-state index in [1.807, 2.05) is 0 Å². The maximum atomic E-state index is 11.3. The number of hydrogen-bond donors (Lipinski definition) is 0. The van der Waals surface area contributed by atoms with Crippen molar-refractivity contribution in [1.82, 2.24) is 0 Å². The second-order valence-electron chi connectivity index (χ2n) is 2.94. The summed E-state index contributed by atoms with van der Waals surface area (Å²) in [4.78, 5) is 22.4. The zero-order valence-corrected chi connectivity index (χ0v) is 9.51. The molecule has 1 aromatic rings. The van der Waals surface area contributed by atoms with Crippen LogP contribution >= 0.6 is 0 Å². The molecule has 0 unspecified atom stereocenters. The monoisotopic (exact) mass is 248 g/mol. The Bertz CT molecular complexity index is 422. The highest BCUT2D eigenvalue weighted by Crippen LogP contribution is 2.13. The molecule has 0 aliphatic heterocycles. The molecule has 0 radical (unpaired) electrons. The van der Waals surface area contributed by atoms with Gasteiger partial charge in [0.1, 0.15) is 5.75 Å². The van der Waals surface area contributed by atoms with Crippen LogP contribution in [0.15, 0.2) is 42.2 Å². The van der Waals surface area contributed by atoms with E-state index in [4.69, 9.17) is 4.74 Å². The fourth-order valence-electron chi connectivity index (χ4n) is 1.01. The Labute approximate surface area is 98.6 Å². The largest absolute Gasteiger partial charge is 0.466 e. The van der Waals surface area contributed by atoms with Gasteiger partial charge in [-0.05, 0) is 12.1 Å². The molecule has 0 aliphatic carbocycles. The van der Waals surface area contributed by atoms with E-state index in [0.717, 1.165) is 6.08 Å². The molecule has 0 saturated heterocycles. The lowest BCUT2D eigenvalue weighted by Crippen LogP contribution is -2.13. The van der Waals surface area contributed by atoms with E-state index in [0.29, 0.717) is 5.75 Å². The van der Waals surface area contributed by atoms with Gasteiger partial charge >= 0.3 is 11.9 Å².